The first kappa shape index (κ1) is 12.9. The van der Waals surface area contributed by atoms with E-state index in [1.165, 1.54) is 6.26 Å². The standard InChI is InChI=1S/C7H14F3NOS/c1-6(5-13(2)12)11-4-3-7(8,9)10/h6,11H,3-5H2,1-2H3. The Balaban J connectivity index is 3.48. The molecule has 0 aromatic heterocycles. The van der Waals surface area contributed by atoms with Crippen LogP contribution in [0.25, 0.3) is 0 Å². The van der Waals surface area contributed by atoms with Gasteiger partial charge >= 0.3 is 6.18 Å². The number of hydrogen-bond acceptors (Lipinski definition) is 2. The summed E-state index contributed by atoms with van der Waals surface area (Å²) in [5.74, 6) is 0.387. The van der Waals surface area contributed by atoms with E-state index in [9.17, 15) is 17.4 Å². The molecule has 0 fully saturated rings. The SMILES string of the molecule is CC(CS(C)=O)NCCC(F)(F)F. The fourth-order valence-corrected chi connectivity index (χ4v) is 1.69. The number of alkyl halides is 3. The van der Waals surface area contributed by atoms with Crippen LogP contribution >= 0.6 is 0 Å². The van der Waals surface area contributed by atoms with Crippen molar-refractivity contribution in [3.63, 3.8) is 0 Å². The van der Waals surface area contributed by atoms with Crippen molar-refractivity contribution < 1.29 is 17.4 Å². The molecule has 0 heterocycles. The largest absolute Gasteiger partial charge is 0.390 e. The van der Waals surface area contributed by atoms with Gasteiger partial charge in [-0.1, -0.05) is 0 Å². The third-order valence-electron chi connectivity index (χ3n) is 1.39. The van der Waals surface area contributed by atoms with E-state index in [4.69, 9.17) is 0 Å². The molecule has 0 radical (unpaired) electrons. The summed E-state index contributed by atoms with van der Waals surface area (Å²) in [6, 6.07) is -0.131. The molecule has 0 aliphatic rings. The van der Waals surface area contributed by atoms with Crippen LogP contribution in [0.1, 0.15) is 13.3 Å². The van der Waals surface area contributed by atoms with E-state index in [0.29, 0.717) is 5.75 Å². The molecule has 0 aromatic carbocycles. The molecule has 2 unspecified atom stereocenters. The van der Waals surface area contributed by atoms with Gasteiger partial charge in [-0.05, 0) is 6.92 Å². The lowest BCUT2D eigenvalue weighted by atomic mass is 10.3. The minimum atomic E-state index is -4.11. The molecule has 1 N–H and O–H groups in total. The maximum Gasteiger partial charge on any atom is 0.390 e. The van der Waals surface area contributed by atoms with Crippen LogP contribution in [0.15, 0.2) is 0 Å². The predicted octanol–water partition coefficient (Wildman–Crippen LogP) is 1.30. The summed E-state index contributed by atoms with van der Waals surface area (Å²) in [4.78, 5) is 0. The summed E-state index contributed by atoms with van der Waals surface area (Å²) in [5.41, 5.74) is 0. The zero-order valence-electron chi connectivity index (χ0n) is 7.65. The molecule has 13 heavy (non-hydrogen) atoms. The highest BCUT2D eigenvalue weighted by Gasteiger charge is 2.26. The molecule has 0 saturated heterocycles. The van der Waals surface area contributed by atoms with Crippen LogP contribution in [-0.4, -0.2) is 35.0 Å². The van der Waals surface area contributed by atoms with Crippen LogP contribution in [0.2, 0.25) is 0 Å². The first-order valence-electron chi connectivity index (χ1n) is 3.91. The van der Waals surface area contributed by atoms with Gasteiger partial charge in [0, 0.05) is 35.4 Å². The summed E-state index contributed by atoms with van der Waals surface area (Å²) < 4.78 is 45.7. The lowest BCUT2D eigenvalue weighted by Gasteiger charge is -2.13. The molecule has 0 aromatic rings. The van der Waals surface area contributed by atoms with E-state index in [-0.39, 0.29) is 12.6 Å². The first-order chi connectivity index (χ1) is 5.81. The van der Waals surface area contributed by atoms with Crippen molar-refractivity contribution in [3.8, 4) is 0 Å². The van der Waals surface area contributed by atoms with Crippen molar-refractivity contribution in [2.75, 3.05) is 18.6 Å². The third kappa shape index (κ3) is 9.82. The number of hydrogen-bond donors (Lipinski definition) is 1. The van der Waals surface area contributed by atoms with Crippen molar-refractivity contribution in [2.24, 2.45) is 0 Å². The molecule has 0 rings (SSSR count). The molecule has 0 aliphatic heterocycles. The zero-order valence-corrected chi connectivity index (χ0v) is 8.47. The number of halogens is 3. The Morgan fingerprint density at radius 1 is 1.46 bits per heavy atom. The summed E-state index contributed by atoms with van der Waals surface area (Å²) in [7, 11) is -0.964. The van der Waals surface area contributed by atoms with Crippen LogP contribution < -0.4 is 5.32 Å². The van der Waals surface area contributed by atoms with Crippen LogP contribution in [0.4, 0.5) is 13.2 Å². The Morgan fingerprint density at radius 2 is 2.00 bits per heavy atom. The molecule has 0 saturated carbocycles. The molecular weight excluding hydrogens is 203 g/mol. The second-order valence-electron chi connectivity index (χ2n) is 2.96. The monoisotopic (exact) mass is 217 g/mol. The van der Waals surface area contributed by atoms with Gasteiger partial charge in [-0.3, -0.25) is 4.21 Å². The summed E-state index contributed by atoms with van der Waals surface area (Å²) >= 11 is 0. The zero-order chi connectivity index (χ0) is 10.5. The first-order valence-corrected chi connectivity index (χ1v) is 5.64. The molecular formula is C7H14F3NOS. The van der Waals surface area contributed by atoms with E-state index < -0.39 is 23.4 Å². The van der Waals surface area contributed by atoms with E-state index in [2.05, 4.69) is 5.32 Å². The van der Waals surface area contributed by atoms with Gasteiger partial charge in [0.25, 0.3) is 0 Å². The second-order valence-corrected chi connectivity index (χ2v) is 4.44. The topological polar surface area (TPSA) is 29.1 Å². The van der Waals surface area contributed by atoms with Crippen LogP contribution in [0.3, 0.4) is 0 Å². The summed E-state index contributed by atoms with van der Waals surface area (Å²) in [6.07, 6.45) is -3.42. The Hall–Kier alpha value is -0.100. The van der Waals surface area contributed by atoms with Crippen LogP contribution in [0.5, 0.6) is 0 Å². The predicted molar refractivity (Wildman–Crippen MR) is 47.1 cm³/mol. The van der Waals surface area contributed by atoms with E-state index >= 15 is 0 Å². The Kier molecular flexibility index (Phi) is 5.55. The maximum atomic E-state index is 11.7. The minimum Gasteiger partial charge on any atom is -0.313 e. The van der Waals surface area contributed by atoms with Crippen molar-refractivity contribution in [1.29, 1.82) is 0 Å². The van der Waals surface area contributed by atoms with Crippen LogP contribution in [-0.2, 0) is 10.8 Å². The fourth-order valence-electron chi connectivity index (χ4n) is 0.871. The van der Waals surface area contributed by atoms with Gasteiger partial charge in [0.15, 0.2) is 0 Å². The van der Waals surface area contributed by atoms with Gasteiger partial charge in [0.2, 0.25) is 0 Å². The van der Waals surface area contributed by atoms with Gasteiger partial charge in [-0.2, -0.15) is 13.2 Å². The Bertz CT molecular complexity index is 172. The van der Waals surface area contributed by atoms with Crippen molar-refractivity contribution in [3.05, 3.63) is 0 Å². The minimum absolute atomic E-state index is 0.109. The second kappa shape index (κ2) is 5.59. The van der Waals surface area contributed by atoms with Crippen molar-refractivity contribution in [2.45, 2.75) is 25.6 Å². The van der Waals surface area contributed by atoms with Gasteiger partial charge in [0.05, 0.1) is 6.42 Å². The molecule has 0 spiro atoms. The van der Waals surface area contributed by atoms with Crippen molar-refractivity contribution >= 4 is 10.8 Å². The third-order valence-corrected chi connectivity index (χ3v) is 2.36. The molecule has 2 nitrogen and oxygen atoms in total. The Labute approximate surface area is 78.3 Å². The average molecular weight is 217 g/mol. The van der Waals surface area contributed by atoms with Crippen molar-refractivity contribution in [1.82, 2.24) is 5.32 Å². The lowest BCUT2D eigenvalue weighted by molar-refractivity contribution is -0.133. The number of nitrogens with one attached hydrogen (secondary N) is 1. The molecule has 80 valence electrons. The molecule has 6 heteroatoms. The fraction of sp³-hybridized carbons (Fsp3) is 1.00. The van der Waals surface area contributed by atoms with E-state index in [1.807, 2.05) is 0 Å². The lowest BCUT2D eigenvalue weighted by Crippen LogP contribution is -2.33. The van der Waals surface area contributed by atoms with E-state index in [1.54, 1.807) is 6.92 Å². The summed E-state index contributed by atoms with van der Waals surface area (Å²) in [5, 5.41) is 2.66. The normalized spacial score (nSPS) is 17.0. The Morgan fingerprint density at radius 3 is 2.38 bits per heavy atom. The molecule has 0 bridgehead atoms. The molecule has 0 aliphatic carbocycles. The molecule has 0 amide bonds. The van der Waals surface area contributed by atoms with Gasteiger partial charge in [0.1, 0.15) is 0 Å². The highest BCUT2D eigenvalue weighted by Crippen LogP contribution is 2.18. The average Bonchev–Trinajstić information content (AvgIpc) is 1.81. The maximum absolute atomic E-state index is 11.7. The van der Waals surface area contributed by atoms with E-state index in [0.717, 1.165) is 0 Å². The highest BCUT2D eigenvalue weighted by atomic mass is 32.2. The summed E-state index contributed by atoms with van der Waals surface area (Å²) in [6.45, 7) is 1.61. The van der Waals surface area contributed by atoms with Gasteiger partial charge in [-0.15, -0.1) is 0 Å². The van der Waals surface area contributed by atoms with Gasteiger partial charge < -0.3 is 5.32 Å². The van der Waals surface area contributed by atoms with Crippen LogP contribution in [0, 0.1) is 0 Å². The van der Waals surface area contributed by atoms with Gasteiger partial charge in [-0.25, -0.2) is 0 Å². The number of rotatable bonds is 5. The highest BCUT2D eigenvalue weighted by molar-refractivity contribution is 7.84. The smallest absolute Gasteiger partial charge is 0.313 e. The molecule has 2 atom stereocenters. The quantitative estimate of drug-likeness (QED) is 0.752.